The first-order valence-electron chi connectivity index (χ1n) is 10.5. The minimum Gasteiger partial charge on any atom is -0.380 e. The summed E-state index contributed by atoms with van der Waals surface area (Å²) in [6.45, 7) is 3.68. The lowest BCUT2D eigenvalue weighted by atomic mass is 10.1. The lowest BCUT2D eigenvalue weighted by Gasteiger charge is -2.32. The third-order valence-corrected chi connectivity index (χ3v) is 6.90. The molecular weight excluding hydrogens is 429 g/mol. The Morgan fingerprint density at radius 2 is 1.81 bits per heavy atom. The van der Waals surface area contributed by atoms with Crippen molar-refractivity contribution in [1.82, 2.24) is 15.1 Å². The highest BCUT2D eigenvalue weighted by Gasteiger charge is 2.22. The van der Waals surface area contributed by atoms with E-state index in [1.54, 1.807) is 24.3 Å². The molecule has 3 aromatic rings. The highest BCUT2D eigenvalue weighted by atomic mass is 32.1. The quantitative estimate of drug-likeness (QED) is 0.618. The molecule has 1 N–H and O–H groups in total. The number of fused-ring (bicyclic) bond motifs is 1. The van der Waals surface area contributed by atoms with Gasteiger partial charge in [-0.2, -0.15) is 0 Å². The minimum atomic E-state index is -0.356. The number of rotatable bonds is 6. The van der Waals surface area contributed by atoms with Gasteiger partial charge in [-0.05, 0) is 36.9 Å². The van der Waals surface area contributed by atoms with Crippen LogP contribution in [0.15, 0.2) is 42.5 Å². The number of methoxy groups -OCH3 is 1. The van der Waals surface area contributed by atoms with Crippen LogP contribution in [0, 0.1) is 5.82 Å². The summed E-state index contributed by atoms with van der Waals surface area (Å²) in [5.41, 5.74) is 2.09. The van der Waals surface area contributed by atoms with Crippen LogP contribution in [0.3, 0.4) is 0 Å². The molecule has 1 aromatic heterocycles. The second-order valence-electron chi connectivity index (χ2n) is 7.93. The molecule has 0 radical (unpaired) electrons. The second kappa shape index (κ2) is 9.77. The Balaban J connectivity index is 1.43. The van der Waals surface area contributed by atoms with Crippen LogP contribution in [0.4, 0.5) is 4.39 Å². The van der Waals surface area contributed by atoms with E-state index in [1.165, 1.54) is 24.5 Å². The van der Waals surface area contributed by atoms with E-state index in [9.17, 15) is 14.0 Å². The molecular formula is C24H26FN3O3S. The summed E-state index contributed by atoms with van der Waals surface area (Å²) in [4.78, 5) is 30.1. The first-order chi connectivity index (χ1) is 15.5. The van der Waals surface area contributed by atoms with Gasteiger partial charge in [-0.25, -0.2) is 4.39 Å². The van der Waals surface area contributed by atoms with Crippen LogP contribution in [-0.4, -0.2) is 62.0 Å². The number of halogens is 1. The number of piperazine rings is 1. The number of thiophene rings is 1. The first kappa shape index (κ1) is 22.4. The number of amides is 2. The second-order valence-corrected chi connectivity index (χ2v) is 8.98. The van der Waals surface area contributed by atoms with Gasteiger partial charge in [0.15, 0.2) is 0 Å². The third kappa shape index (κ3) is 4.67. The van der Waals surface area contributed by atoms with E-state index in [4.69, 9.17) is 4.74 Å². The molecule has 1 saturated heterocycles. The molecule has 1 fully saturated rings. The van der Waals surface area contributed by atoms with Crippen molar-refractivity contribution in [2.45, 2.75) is 13.2 Å². The fraction of sp³-hybridized carbons (Fsp3) is 0.333. The van der Waals surface area contributed by atoms with Crippen LogP contribution in [0.2, 0.25) is 0 Å². The molecule has 0 atom stereocenters. The smallest absolute Gasteiger partial charge is 0.262 e. The maximum atomic E-state index is 14.3. The van der Waals surface area contributed by atoms with Crippen molar-refractivity contribution in [1.29, 1.82) is 0 Å². The van der Waals surface area contributed by atoms with Crippen LogP contribution in [-0.2, 0) is 17.9 Å². The maximum Gasteiger partial charge on any atom is 0.262 e. The number of nitrogens with zero attached hydrogens (tertiary/aromatic N) is 2. The zero-order valence-electron chi connectivity index (χ0n) is 18.2. The average Bonchev–Trinajstić information content (AvgIpc) is 3.18. The van der Waals surface area contributed by atoms with Crippen molar-refractivity contribution < 1.29 is 18.7 Å². The molecule has 0 bridgehead atoms. The Bertz CT molecular complexity index is 1120. The Kier molecular flexibility index (Phi) is 6.83. The summed E-state index contributed by atoms with van der Waals surface area (Å²) in [7, 11) is 3.58. The predicted molar refractivity (Wildman–Crippen MR) is 124 cm³/mol. The van der Waals surface area contributed by atoms with Crippen molar-refractivity contribution in [2.24, 2.45) is 0 Å². The van der Waals surface area contributed by atoms with E-state index in [0.717, 1.165) is 31.7 Å². The van der Waals surface area contributed by atoms with Gasteiger partial charge in [-0.15, -0.1) is 11.3 Å². The SMILES string of the molecule is COCc1c(C(=O)NCc2ccc(C(=O)N3CCN(C)CC3)cc2)sc2cccc(F)c12. The van der Waals surface area contributed by atoms with Crippen LogP contribution < -0.4 is 5.32 Å². The van der Waals surface area contributed by atoms with Gasteiger partial charge in [0.2, 0.25) is 0 Å². The van der Waals surface area contributed by atoms with E-state index >= 15 is 0 Å². The number of nitrogens with one attached hydrogen (secondary N) is 1. The van der Waals surface area contributed by atoms with Crippen molar-refractivity contribution in [3.8, 4) is 0 Å². The topological polar surface area (TPSA) is 61.9 Å². The lowest BCUT2D eigenvalue weighted by molar-refractivity contribution is 0.0664. The number of hydrogen-bond donors (Lipinski definition) is 1. The molecule has 0 spiro atoms. The zero-order valence-corrected chi connectivity index (χ0v) is 19.0. The molecule has 8 heteroatoms. The molecule has 32 heavy (non-hydrogen) atoms. The van der Waals surface area contributed by atoms with Gasteiger partial charge in [0, 0.05) is 61.0 Å². The Labute approximate surface area is 190 Å². The monoisotopic (exact) mass is 455 g/mol. The van der Waals surface area contributed by atoms with Gasteiger partial charge in [-0.1, -0.05) is 18.2 Å². The van der Waals surface area contributed by atoms with Crippen molar-refractivity contribution in [3.63, 3.8) is 0 Å². The molecule has 0 aliphatic carbocycles. The van der Waals surface area contributed by atoms with E-state index < -0.39 is 0 Å². The summed E-state index contributed by atoms with van der Waals surface area (Å²) < 4.78 is 20.3. The van der Waals surface area contributed by atoms with Crippen LogP contribution >= 0.6 is 11.3 Å². The summed E-state index contributed by atoms with van der Waals surface area (Å²) in [6.07, 6.45) is 0. The van der Waals surface area contributed by atoms with E-state index in [0.29, 0.717) is 32.6 Å². The van der Waals surface area contributed by atoms with Crippen molar-refractivity contribution in [3.05, 3.63) is 69.8 Å². The van der Waals surface area contributed by atoms with E-state index in [1.807, 2.05) is 17.0 Å². The average molecular weight is 456 g/mol. The van der Waals surface area contributed by atoms with Gasteiger partial charge < -0.3 is 19.9 Å². The van der Waals surface area contributed by atoms with Crippen LogP contribution in [0.25, 0.3) is 10.1 Å². The summed E-state index contributed by atoms with van der Waals surface area (Å²) in [6, 6.07) is 12.1. The highest BCUT2D eigenvalue weighted by Crippen LogP contribution is 2.33. The zero-order chi connectivity index (χ0) is 22.7. The Hall–Kier alpha value is -2.81. The highest BCUT2D eigenvalue weighted by molar-refractivity contribution is 7.21. The largest absolute Gasteiger partial charge is 0.380 e. The van der Waals surface area contributed by atoms with Crippen molar-refractivity contribution in [2.75, 3.05) is 40.3 Å². The molecule has 168 valence electrons. The van der Waals surface area contributed by atoms with Gasteiger partial charge in [0.1, 0.15) is 5.82 Å². The molecule has 1 aliphatic rings. The third-order valence-electron chi connectivity index (χ3n) is 5.70. The molecule has 2 heterocycles. The number of ether oxygens (including phenoxy) is 1. The van der Waals surface area contributed by atoms with Gasteiger partial charge in [0.25, 0.3) is 11.8 Å². The van der Waals surface area contributed by atoms with Crippen molar-refractivity contribution >= 4 is 33.2 Å². The molecule has 0 saturated carbocycles. The molecule has 6 nitrogen and oxygen atoms in total. The van der Waals surface area contributed by atoms with Crippen LogP contribution in [0.5, 0.6) is 0 Å². The van der Waals surface area contributed by atoms with Gasteiger partial charge in [0.05, 0.1) is 11.5 Å². The summed E-state index contributed by atoms with van der Waals surface area (Å²) >= 11 is 1.26. The fourth-order valence-corrected chi connectivity index (χ4v) is 4.99. The number of carbonyl (C=O) groups is 2. The molecule has 2 aromatic carbocycles. The minimum absolute atomic E-state index is 0.0326. The molecule has 2 amide bonds. The number of hydrogen-bond acceptors (Lipinski definition) is 5. The Morgan fingerprint density at radius 1 is 1.09 bits per heavy atom. The predicted octanol–water partition coefficient (Wildman–Crippen LogP) is 3.50. The number of carbonyl (C=O) groups excluding carboxylic acids is 2. The number of benzene rings is 2. The maximum absolute atomic E-state index is 14.3. The van der Waals surface area contributed by atoms with Crippen LogP contribution in [0.1, 0.15) is 31.2 Å². The van der Waals surface area contributed by atoms with E-state index in [2.05, 4.69) is 17.3 Å². The molecule has 4 rings (SSSR count). The Morgan fingerprint density at radius 3 is 2.50 bits per heavy atom. The summed E-state index contributed by atoms with van der Waals surface area (Å²) in [5, 5.41) is 3.35. The number of likely N-dealkylation sites (N-methyl/N-ethyl adjacent to an activating group) is 1. The normalized spacial score (nSPS) is 14.7. The molecule has 1 aliphatic heterocycles. The van der Waals surface area contributed by atoms with Gasteiger partial charge in [-0.3, -0.25) is 9.59 Å². The summed E-state index contributed by atoms with van der Waals surface area (Å²) in [5.74, 6) is -0.592. The lowest BCUT2D eigenvalue weighted by Crippen LogP contribution is -2.47. The standard InChI is InChI=1S/C24H26FN3O3S/c1-27-10-12-28(13-11-27)24(30)17-8-6-16(7-9-17)14-26-23(29)22-18(15-31-2)21-19(25)4-3-5-20(21)32-22/h3-9H,10-15H2,1-2H3,(H,26,29). The first-order valence-corrected chi connectivity index (χ1v) is 11.3. The fourth-order valence-electron chi connectivity index (χ4n) is 3.85. The van der Waals surface area contributed by atoms with E-state index in [-0.39, 0.29) is 24.2 Å². The van der Waals surface area contributed by atoms with Gasteiger partial charge >= 0.3 is 0 Å². The molecule has 0 unspecified atom stereocenters.